The Morgan fingerprint density at radius 1 is 1.03 bits per heavy atom. The predicted molar refractivity (Wildman–Crippen MR) is 112 cm³/mol. The highest BCUT2D eigenvalue weighted by Crippen LogP contribution is 2.23. The SMILES string of the molecule is COc1ccc(NC(=O)C(=O)N/N=C(\C)CC(=O)Nc2cccc(Cl)c2C)cc1. The molecule has 0 aliphatic rings. The third kappa shape index (κ3) is 6.62. The van der Waals surface area contributed by atoms with Crippen LogP contribution in [-0.2, 0) is 14.4 Å². The van der Waals surface area contributed by atoms with Crippen LogP contribution in [0.3, 0.4) is 0 Å². The van der Waals surface area contributed by atoms with Crippen LogP contribution in [0, 0.1) is 6.92 Å². The maximum Gasteiger partial charge on any atom is 0.329 e. The molecule has 0 fully saturated rings. The quantitative estimate of drug-likeness (QED) is 0.382. The number of halogens is 1. The number of benzene rings is 2. The molecule has 0 aromatic heterocycles. The zero-order valence-electron chi connectivity index (χ0n) is 16.2. The van der Waals surface area contributed by atoms with Crippen molar-refractivity contribution in [2.45, 2.75) is 20.3 Å². The van der Waals surface area contributed by atoms with E-state index in [-0.39, 0.29) is 12.3 Å². The summed E-state index contributed by atoms with van der Waals surface area (Å²) in [5, 5.41) is 9.49. The summed E-state index contributed by atoms with van der Waals surface area (Å²) in [5.41, 5.74) is 4.23. The molecule has 2 rings (SSSR count). The molecule has 0 heterocycles. The van der Waals surface area contributed by atoms with Gasteiger partial charge in [0.15, 0.2) is 0 Å². The summed E-state index contributed by atoms with van der Waals surface area (Å²) in [6.07, 6.45) is -0.0632. The van der Waals surface area contributed by atoms with Crippen molar-refractivity contribution in [3.05, 3.63) is 53.1 Å². The van der Waals surface area contributed by atoms with Crippen LogP contribution in [0.5, 0.6) is 5.75 Å². The lowest BCUT2D eigenvalue weighted by molar-refractivity contribution is -0.136. The second-order valence-corrected chi connectivity index (χ2v) is 6.52. The van der Waals surface area contributed by atoms with Gasteiger partial charge in [-0.15, -0.1) is 0 Å². The number of ether oxygens (including phenoxy) is 1. The fourth-order valence-corrected chi connectivity index (χ4v) is 2.44. The van der Waals surface area contributed by atoms with Gasteiger partial charge in [-0.2, -0.15) is 5.10 Å². The largest absolute Gasteiger partial charge is 0.497 e. The third-order valence-electron chi connectivity index (χ3n) is 3.86. The molecule has 0 saturated heterocycles. The Morgan fingerprint density at radius 3 is 2.38 bits per heavy atom. The number of carbonyl (C=O) groups is 3. The molecule has 0 saturated carbocycles. The maximum absolute atomic E-state index is 12.1. The standard InChI is InChI=1S/C20H21ClN4O4/c1-12(11-18(26)23-17-6-4-5-16(21)13(17)2)24-25-20(28)19(27)22-14-7-9-15(29-3)10-8-14/h4-10H,11H2,1-3H3,(H,22,27)(H,23,26)(H,25,28)/b24-12+. The van der Waals surface area contributed by atoms with Crippen LogP contribution >= 0.6 is 11.6 Å². The molecule has 2 aromatic rings. The van der Waals surface area contributed by atoms with Gasteiger partial charge in [-0.1, -0.05) is 17.7 Å². The van der Waals surface area contributed by atoms with E-state index in [0.717, 1.165) is 5.56 Å². The predicted octanol–water partition coefficient (Wildman–Crippen LogP) is 3.12. The first kappa shape index (κ1) is 21.9. The van der Waals surface area contributed by atoms with Crippen molar-refractivity contribution in [1.29, 1.82) is 0 Å². The van der Waals surface area contributed by atoms with E-state index in [2.05, 4.69) is 21.2 Å². The van der Waals surface area contributed by atoms with E-state index < -0.39 is 11.8 Å². The molecular formula is C20H21ClN4O4. The Kier molecular flexibility index (Phi) is 7.73. The van der Waals surface area contributed by atoms with E-state index in [0.29, 0.717) is 27.9 Å². The molecular weight excluding hydrogens is 396 g/mol. The smallest absolute Gasteiger partial charge is 0.329 e. The Bertz CT molecular complexity index is 942. The minimum atomic E-state index is -0.953. The molecule has 3 amide bonds. The Hall–Kier alpha value is -3.39. The molecule has 0 radical (unpaired) electrons. The number of hydrazone groups is 1. The number of carbonyl (C=O) groups excluding carboxylic acids is 3. The average molecular weight is 417 g/mol. The zero-order chi connectivity index (χ0) is 21.4. The number of anilines is 2. The van der Waals surface area contributed by atoms with Crippen molar-refractivity contribution in [2.24, 2.45) is 5.10 Å². The number of nitrogens with zero attached hydrogens (tertiary/aromatic N) is 1. The van der Waals surface area contributed by atoms with Gasteiger partial charge in [-0.3, -0.25) is 14.4 Å². The lowest BCUT2D eigenvalue weighted by atomic mass is 10.2. The summed E-state index contributed by atoms with van der Waals surface area (Å²) >= 11 is 6.02. The summed E-state index contributed by atoms with van der Waals surface area (Å²) in [5.74, 6) is -1.54. The molecule has 2 aromatic carbocycles. The van der Waals surface area contributed by atoms with Gasteiger partial charge in [-0.05, 0) is 55.8 Å². The number of hydrogen-bond donors (Lipinski definition) is 3. The second kappa shape index (κ2) is 10.2. The fraction of sp³-hybridized carbons (Fsp3) is 0.200. The first-order valence-corrected chi connectivity index (χ1v) is 9.01. The molecule has 152 valence electrons. The van der Waals surface area contributed by atoms with Crippen molar-refractivity contribution in [2.75, 3.05) is 17.7 Å². The summed E-state index contributed by atoms with van der Waals surface area (Å²) in [4.78, 5) is 35.9. The molecule has 9 heteroatoms. The lowest BCUT2D eigenvalue weighted by Crippen LogP contribution is -2.33. The van der Waals surface area contributed by atoms with Crippen molar-refractivity contribution in [3.63, 3.8) is 0 Å². The van der Waals surface area contributed by atoms with Crippen molar-refractivity contribution in [1.82, 2.24) is 5.43 Å². The Balaban J connectivity index is 1.85. The molecule has 0 spiro atoms. The van der Waals surface area contributed by atoms with Gasteiger partial charge >= 0.3 is 11.8 Å². The van der Waals surface area contributed by atoms with Gasteiger partial charge in [0.05, 0.1) is 13.5 Å². The topological polar surface area (TPSA) is 109 Å². The highest BCUT2D eigenvalue weighted by molar-refractivity contribution is 6.39. The molecule has 0 atom stereocenters. The van der Waals surface area contributed by atoms with Crippen LogP contribution in [0.4, 0.5) is 11.4 Å². The van der Waals surface area contributed by atoms with Crippen LogP contribution in [0.2, 0.25) is 5.02 Å². The minimum Gasteiger partial charge on any atom is -0.497 e. The van der Waals surface area contributed by atoms with Crippen LogP contribution in [0.15, 0.2) is 47.6 Å². The van der Waals surface area contributed by atoms with Crippen molar-refractivity contribution in [3.8, 4) is 5.75 Å². The number of nitrogens with one attached hydrogen (secondary N) is 3. The number of amides is 3. The van der Waals surface area contributed by atoms with E-state index in [1.807, 2.05) is 0 Å². The Labute approximate surface area is 173 Å². The van der Waals surface area contributed by atoms with Gasteiger partial charge in [0.2, 0.25) is 5.91 Å². The third-order valence-corrected chi connectivity index (χ3v) is 4.27. The molecule has 8 nitrogen and oxygen atoms in total. The van der Waals surface area contributed by atoms with Gasteiger partial charge in [0.1, 0.15) is 5.75 Å². The normalized spacial score (nSPS) is 10.8. The molecule has 0 bridgehead atoms. The van der Waals surface area contributed by atoms with Crippen LogP contribution in [-0.4, -0.2) is 30.5 Å². The highest BCUT2D eigenvalue weighted by Gasteiger charge is 2.14. The number of rotatable bonds is 6. The van der Waals surface area contributed by atoms with Crippen LogP contribution < -0.4 is 20.8 Å². The first-order chi connectivity index (χ1) is 13.8. The second-order valence-electron chi connectivity index (χ2n) is 6.11. The number of methoxy groups -OCH3 is 1. The van der Waals surface area contributed by atoms with E-state index >= 15 is 0 Å². The highest BCUT2D eigenvalue weighted by atomic mass is 35.5. The Morgan fingerprint density at radius 2 is 1.72 bits per heavy atom. The van der Waals surface area contributed by atoms with E-state index in [1.54, 1.807) is 56.3 Å². The van der Waals surface area contributed by atoms with Gasteiger partial charge in [0, 0.05) is 22.1 Å². The number of hydrogen-bond acceptors (Lipinski definition) is 5. The first-order valence-electron chi connectivity index (χ1n) is 8.63. The summed E-state index contributed by atoms with van der Waals surface area (Å²) in [7, 11) is 1.53. The van der Waals surface area contributed by atoms with Gasteiger partial charge < -0.3 is 15.4 Å². The molecule has 0 aliphatic heterocycles. The molecule has 0 unspecified atom stereocenters. The average Bonchev–Trinajstić information content (AvgIpc) is 2.70. The molecule has 3 N–H and O–H groups in total. The van der Waals surface area contributed by atoms with Crippen LogP contribution in [0.25, 0.3) is 0 Å². The lowest BCUT2D eigenvalue weighted by Gasteiger charge is -2.09. The van der Waals surface area contributed by atoms with E-state index in [4.69, 9.17) is 16.3 Å². The van der Waals surface area contributed by atoms with Crippen LogP contribution in [0.1, 0.15) is 18.9 Å². The van der Waals surface area contributed by atoms with Crippen molar-refractivity contribution < 1.29 is 19.1 Å². The molecule has 0 aliphatic carbocycles. The summed E-state index contributed by atoms with van der Waals surface area (Å²) in [6, 6.07) is 11.7. The fourth-order valence-electron chi connectivity index (χ4n) is 2.27. The summed E-state index contributed by atoms with van der Waals surface area (Å²) in [6.45, 7) is 3.35. The minimum absolute atomic E-state index is 0.0632. The van der Waals surface area contributed by atoms with E-state index in [1.165, 1.54) is 7.11 Å². The maximum atomic E-state index is 12.1. The van der Waals surface area contributed by atoms with E-state index in [9.17, 15) is 14.4 Å². The van der Waals surface area contributed by atoms with Gasteiger partial charge in [-0.25, -0.2) is 5.43 Å². The molecule has 29 heavy (non-hydrogen) atoms. The monoisotopic (exact) mass is 416 g/mol. The summed E-state index contributed by atoms with van der Waals surface area (Å²) < 4.78 is 5.02. The zero-order valence-corrected chi connectivity index (χ0v) is 17.0. The van der Waals surface area contributed by atoms with Crippen molar-refractivity contribution >= 4 is 46.4 Å². The van der Waals surface area contributed by atoms with Gasteiger partial charge in [0.25, 0.3) is 0 Å².